The summed E-state index contributed by atoms with van der Waals surface area (Å²) in [6.07, 6.45) is 2.81. The van der Waals surface area contributed by atoms with Gasteiger partial charge in [-0.25, -0.2) is 4.98 Å². The molecular weight excluding hydrogens is 344 g/mol. The molecule has 1 unspecified atom stereocenters. The molecule has 5 nitrogen and oxygen atoms in total. The number of nitrogens with zero attached hydrogens (tertiary/aromatic N) is 4. The quantitative estimate of drug-likeness (QED) is 0.512. The fourth-order valence-electron chi connectivity index (χ4n) is 2.44. The minimum atomic E-state index is -0.107. The second kappa shape index (κ2) is 6.99. The first-order chi connectivity index (χ1) is 11.5. The van der Waals surface area contributed by atoms with Crippen LogP contribution in [0.5, 0.6) is 0 Å². The van der Waals surface area contributed by atoms with Crippen LogP contribution in [0.1, 0.15) is 31.5 Å². The molecule has 126 valence electrons. The van der Waals surface area contributed by atoms with Crippen molar-refractivity contribution in [3.8, 4) is 0 Å². The van der Waals surface area contributed by atoms with Crippen LogP contribution in [0.25, 0.3) is 5.65 Å². The molecule has 0 fully saturated rings. The lowest BCUT2D eigenvalue weighted by Crippen LogP contribution is -2.20. The molecule has 0 bridgehead atoms. The van der Waals surface area contributed by atoms with Gasteiger partial charge < -0.3 is 4.57 Å². The molecular formula is C17H19ClN4OS. The van der Waals surface area contributed by atoms with Gasteiger partial charge in [0, 0.05) is 29.3 Å². The summed E-state index contributed by atoms with van der Waals surface area (Å²) in [4.78, 5) is 16.4. The lowest BCUT2D eigenvalue weighted by Gasteiger charge is -2.12. The Hall–Kier alpha value is -1.79. The van der Waals surface area contributed by atoms with Gasteiger partial charge in [-0.1, -0.05) is 31.5 Å². The minimum absolute atomic E-state index is 0.107. The fraction of sp³-hybridized carbons (Fsp3) is 0.353. The maximum Gasteiger partial charge on any atom is 0.274 e. The van der Waals surface area contributed by atoms with Gasteiger partial charge in [0.2, 0.25) is 0 Å². The van der Waals surface area contributed by atoms with Crippen LogP contribution in [-0.4, -0.2) is 24.4 Å². The number of hydrogen-bond acceptors (Lipinski definition) is 4. The highest BCUT2D eigenvalue weighted by atomic mass is 35.5. The Morgan fingerprint density at radius 2 is 2.12 bits per heavy atom. The molecule has 0 aliphatic rings. The number of thioether (sulfide) groups is 1. The Kier molecular flexibility index (Phi) is 4.96. The van der Waals surface area contributed by atoms with Crippen LogP contribution in [0.2, 0.25) is 5.15 Å². The topological polar surface area (TPSA) is 52.2 Å². The summed E-state index contributed by atoms with van der Waals surface area (Å²) in [7, 11) is 0. The van der Waals surface area contributed by atoms with E-state index in [-0.39, 0.29) is 5.56 Å². The highest BCUT2D eigenvalue weighted by Crippen LogP contribution is 2.25. The van der Waals surface area contributed by atoms with Gasteiger partial charge >= 0.3 is 0 Å². The van der Waals surface area contributed by atoms with Crippen molar-refractivity contribution in [3.63, 3.8) is 0 Å². The third-order valence-electron chi connectivity index (χ3n) is 3.94. The monoisotopic (exact) mass is 362 g/mol. The summed E-state index contributed by atoms with van der Waals surface area (Å²) in [5, 5.41) is 6.27. The number of pyridine rings is 1. The van der Waals surface area contributed by atoms with E-state index in [4.69, 9.17) is 11.6 Å². The first kappa shape index (κ1) is 17.0. The third kappa shape index (κ3) is 3.49. The fourth-order valence-corrected chi connectivity index (χ4v) is 3.43. The molecule has 0 spiro atoms. The van der Waals surface area contributed by atoms with Crippen molar-refractivity contribution < 1.29 is 0 Å². The van der Waals surface area contributed by atoms with Crippen LogP contribution in [-0.2, 0) is 6.54 Å². The zero-order valence-electron chi connectivity index (χ0n) is 13.9. The molecule has 0 aliphatic heterocycles. The number of aryl methyl sites for hydroxylation is 1. The van der Waals surface area contributed by atoms with Gasteiger partial charge in [0.1, 0.15) is 15.8 Å². The van der Waals surface area contributed by atoms with E-state index in [9.17, 15) is 4.79 Å². The first-order valence-electron chi connectivity index (χ1n) is 7.85. The predicted octanol–water partition coefficient (Wildman–Crippen LogP) is 3.79. The second-order valence-corrected chi connectivity index (χ2v) is 7.63. The van der Waals surface area contributed by atoms with E-state index in [1.165, 1.54) is 4.52 Å². The van der Waals surface area contributed by atoms with Gasteiger partial charge in [-0.15, -0.1) is 11.8 Å². The van der Waals surface area contributed by atoms with Gasteiger partial charge in [-0.05, 0) is 25.0 Å². The Morgan fingerprint density at radius 1 is 1.33 bits per heavy atom. The minimum Gasteiger partial charge on any atom is -0.326 e. The molecule has 0 radical (unpaired) electrons. The molecule has 7 heteroatoms. The molecule has 0 saturated heterocycles. The highest BCUT2D eigenvalue weighted by molar-refractivity contribution is 7.99. The summed E-state index contributed by atoms with van der Waals surface area (Å²) in [5.74, 6) is 0. The predicted molar refractivity (Wildman–Crippen MR) is 98.1 cm³/mol. The Morgan fingerprint density at radius 3 is 2.79 bits per heavy atom. The first-order valence-corrected chi connectivity index (χ1v) is 9.11. The van der Waals surface area contributed by atoms with Gasteiger partial charge in [0.05, 0.1) is 6.54 Å². The average Bonchev–Trinajstić information content (AvgIpc) is 2.97. The molecule has 24 heavy (non-hydrogen) atoms. The molecule has 3 rings (SSSR count). The van der Waals surface area contributed by atoms with Gasteiger partial charge in [0.15, 0.2) is 0 Å². The maximum atomic E-state index is 12.3. The normalized spacial score (nSPS) is 12.7. The smallest absolute Gasteiger partial charge is 0.274 e. The van der Waals surface area contributed by atoms with Crippen LogP contribution in [0, 0.1) is 6.92 Å². The summed E-state index contributed by atoms with van der Waals surface area (Å²) < 4.78 is 3.54. The Balaban J connectivity index is 2.05. The third-order valence-corrected chi connectivity index (χ3v) is 5.34. The van der Waals surface area contributed by atoms with Crippen LogP contribution < -0.4 is 5.56 Å². The molecule has 1 atom stereocenters. The summed E-state index contributed by atoms with van der Waals surface area (Å²) >= 11 is 7.54. The van der Waals surface area contributed by atoms with E-state index in [1.807, 2.05) is 19.1 Å². The average molecular weight is 363 g/mol. The summed E-state index contributed by atoms with van der Waals surface area (Å²) in [5.41, 5.74) is 2.59. The van der Waals surface area contributed by atoms with E-state index in [2.05, 4.69) is 28.5 Å². The van der Waals surface area contributed by atoms with Crippen molar-refractivity contribution in [2.24, 2.45) is 0 Å². The number of fused-ring (bicyclic) bond motifs is 1. The van der Waals surface area contributed by atoms with Crippen molar-refractivity contribution in [1.29, 1.82) is 0 Å². The van der Waals surface area contributed by atoms with Gasteiger partial charge in [-0.2, -0.15) is 9.61 Å². The lowest BCUT2D eigenvalue weighted by atomic mass is 10.2. The molecule has 3 aromatic rings. The van der Waals surface area contributed by atoms with Crippen molar-refractivity contribution in [3.05, 3.63) is 57.2 Å². The zero-order valence-corrected chi connectivity index (χ0v) is 15.4. The molecule has 0 saturated carbocycles. The van der Waals surface area contributed by atoms with Crippen molar-refractivity contribution >= 4 is 29.0 Å². The van der Waals surface area contributed by atoms with Gasteiger partial charge in [-0.3, -0.25) is 4.79 Å². The van der Waals surface area contributed by atoms with E-state index in [1.54, 1.807) is 30.1 Å². The molecule has 0 amide bonds. The maximum absolute atomic E-state index is 12.3. The molecule has 0 N–H and O–H groups in total. The number of rotatable bonds is 5. The second-order valence-electron chi connectivity index (χ2n) is 5.79. The number of halogens is 1. The van der Waals surface area contributed by atoms with E-state index in [0.29, 0.717) is 16.9 Å². The van der Waals surface area contributed by atoms with Crippen molar-refractivity contribution in [2.45, 2.75) is 44.0 Å². The highest BCUT2D eigenvalue weighted by Gasteiger charge is 2.13. The Bertz CT molecular complexity index is 917. The lowest BCUT2D eigenvalue weighted by molar-refractivity contribution is 0.731. The van der Waals surface area contributed by atoms with Gasteiger partial charge in [0.25, 0.3) is 5.56 Å². The SMILES string of the molecule is CCC(C)Sc1cc2n(Cc3ccc(Cl)nc3)c(C)cc(=O)n2n1. The number of hydrogen-bond donors (Lipinski definition) is 0. The van der Waals surface area contributed by atoms with Crippen molar-refractivity contribution in [2.75, 3.05) is 0 Å². The number of aromatic nitrogens is 4. The van der Waals surface area contributed by atoms with Crippen LogP contribution in [0.4, 0.5) is 0 Å². The molecule has 3 heterocycles. The largest absolute Gasteiger partial charge is 0.326 e. The molecule has 3 aromatic heterocycles. The van der Waals surface area contributed by atoms with Crippen LogP contribution in [0.15, 0.2) is 40.3 Å². The summed E-state index contributed by atoms with van der Waals surface area (Å²) in [6, 6.07) is 7.30. The summed E-state index contributed by atoms with van der Waals surface area (Å²) in [6.45, 7) is 6.84. The molecule has 0 aliphatic carbocycles. The van der Waals surface area contributed by atoms with Crippen LogP contribution >= 0.6 is 23.4 Å². The van der Waals surface area contributed by atoms with Crippen molar-refractivity contribution in [1.82, 2.24) is 19.2 Å². The van der Waals surface area contributed by atoms with E-state index >= 15 is 0 Å². The van der Waals surface area contributed by atoms with Crippen LogP contribution in [0.3, 0.4) is 0 Å². The standard InChI is InChI=1S/C17H19ClN4OS/c1-4-12(3)24-15-8-16-21(10-13-5-6-14(18)19-9-13)11(2)7-17(23)22(16)20-15/h5-9,12H,4,10H2,1-3H3. The molecule has 0 aromatic carbocycles. The van der Waals surface area contributed by atoms with E-state index < -0.39 is 0 Å². The Labute approximate surface area is 149 Å². The zero-order chi connectivity index (χ0) is 17.3. The van der Waals surface area contributed by atoms with E-state index in [0.717, 1.165) is 28.4 Å².